The van der Waals surface area contributed by atoms with Gasteiger partial charge in [-0.15, -0.1) is 5.10 Å². The van der Waals surface area contributed by atoms with Crippen molar-refractivity contribution in [2.45, 2.75) is 51.2 Å². The number of benzene rings is 3. The summed E-state index contributed by atoms with van der Waals surface area (Å²) in [6.07, 6.45) is 0.214. The molecule has 7 heteroatoms. The maximum Gasteiger partial charge on any atom is 0.407 e. The monoisotopic (exact) mass is 472 g/mol. The van der Waals surface area contributed by atoms with E-state index in [4.69, 9.17) is 0 Å². The summed E-state index contributed by atoms with van der Waals surface area (Å²) in [6.45, 7) is 5.85. The Labute approximate surface area is 205 Å². The Hall–Kier alpha value is -3.71. The molecule has 0 aliphatic rings. The summed E-state index contributed by atoms with van der Waals surface area (Å²) in [4.78, 5) is 13.7. The van der Waals surface area contributed by atoms with Gasteiger partial charge in [-0.1, -0.05) is 59.8 Å². The lowest BCUT2D eigenvalue weighted by Gasteiger charge is -2.31. The van der Waals surface area contributed by atoms with E-state index in [1.165, 1.54) is 4.90 Å². The molecule has 3 aromatic carbocycles. The summed E-state index contributed by atoms with van der Waals surface area (Å²) in [5.74, 6) is 0.0493. The number of carbonyl (C=O) groups is 1. The summed E-state index contributed by atoms with van der Waals surface area (Å²) < 4.78 is 1.78. The van der Waals surface area contributed by atoms with E-state index in [9.17, 15) is 15.0 Å². The van der Waals surface area contributed by atoms with Crippen LogP contribution in [0.3, 0.4) is 0 Å². The molecule has 1 aromatic heterocycles. The third-order valence-corrected chi connectivity index (χ3v) is 6.42. The standard InChI is InChI=1S/C28H32N4O3/c1-20(21-13-15-24(16-14-21)32-26-12-8-7-11-25(26)29-30-32)31(27(33)34)18-17-23(19-28(2,3)35)22-9-5-4-6-10-22/h4-16,20,23,35H,17-19H2,1-3H3,(H,33,34)/t20-,23+/m0/s1. The molecule has 35 heavy (non-hydrogen) atoms. The first-order chi connectivity index (χ1) is 16.7. The number of fused-ring (bicyclic) bond motifs is 1. The van der Waals surface area contributed by atoms with E-state index >= 15 is 0 Å². The lowest BCUT2D eigenvalue weighted by atomic mass is 9.85. The Morgan fingerprint density at radius 2 is 1.63 bits per heavy atom. The molecule has 0 fully saturated rings. The van der Waals surface area contributed by atoms with Crippen molar-refractivity contribution in [3.05, 3.63) is 90.0 Å². The van der Waals surface area contributed by atoms with Crippen LogP contribution in [0.2, 0.25) is 0 Å². The lowest BCUT2D eigenvalue weighted by Crippen LogP contribution is -2.34. The highest BCUT2D eigenvalue weighted by Gasteiger charge is 2.26. The predicted octanol–water partition coefficient (Wildman–Crippen LogP) is 5.80. The van der Waals surface area contributed by atoms with Gasteiger partial charge >= 0.3 is 6.09 Å². The number of hydrogen-bond donors (Lipinski definition) is 2. The zero-order valence-electron chi connectivity index (χ0n) is 20.4. The average Bonchev–Trinajstić information content (AvgIpc) is 3.27. The van der Waals surface area contributed by atoms with E-state index in [0.717, 1.165) is 27.8 Å². The molecule has 2 atom stereocenters. The molecule has 0 saturated carbocycles. The molecular formula is C28H32N4O3. The molecule has 1 heterocycles. The van der Waals surface area contributed by atoms with E-state index in [1.54, 1.807) is 18.5 Å². The quantitative estimate of drug-likeness (QED) is 0.321. The van der Waals surface area contributed by atoms with Gasteiger partial charge < -0.3 is 15.1 Å². The number of hydrogen-bond acceptors (Lipinski definition) is 4. The van der Waals surface area contributed by atoms with Crippen molar-refractivity contribution in [3.8, 4) is 5.69 Å². The Bertz CT molecular complexity index is 1260. The molecule has 0 aliphatic carbocycles. The van der Waals surface area contributed by atoms with Crippen molar-refractivity contribution in [3.63, 3.8) is 0 Å². The second kappa shape index (κ2) is 10.3. The van der Waals surface area contributed by atoms with Crippen molar-refractivity contribution < 1.29 is 15.0 Å². The van der Waals surface area contributed by atoms with Crippen LogP contribution in [-0.2, 0) is 0 Å². The predicted molar refractivity (Wildman–Crippen MR) is 137 cm³/mol. The Balaban J connectivity index is 1.51. The second-order valence-corrected chi connectivity index (χ2v) is 9.65. The van der Waals surface area contributed by atoms with Crippen molar-refractivity contribution >= 4 is 17.1 Å². The van der Waals surface area contributed by atoms with Gasteiger partial charge in [-0.25, -0.2) is 9.48 Å². The molecule has 0 bridgehead atoms. The highest BCUT2D eigenvalue weighted by atomic mass is 16.4. The zero-order valence-corrected chi connectivity index (χ0v) is 20.4. The van der Waals surface area contributed by atoms with Crippen LogP contribution < -0.4 is 0 Å². The van der Waals surface area contributed by atoms with Gasteiger partial charge in [0.05, 0.1) is 22.8 Å². The minimum atomic E-state index is -0.959. The largest absolute Gasteiger partial charge is 0.465 e. The van der Waals surface area contributed by atoms with E-state index in [2.05, 4.69) is 10.3 Å². The summed E-state index contributed by atoms with van der Waals surface area (Å²) in [5, 5.41) is 28.9. The Morgan fingerprint density at radius 3 is 2.29 bits per heavy atom. The van der Waals surface area contributed by atoms with Crippen molar-refractivity contribution in [2.24, 2.45) is 0 Å². The molecule has 0 spiro atoms. The van der Waals surface area contributed by atoms with Crippen LogP contribution in [-0.4, -0.2) is 48.3 Å². The number of aromatic nitrogens is 3. The normalized spacial score (nSPS) is 13.5. The molecule has 7 nitrogen and oxygen atoms in total. The van der Waals surface area contributed by atoms with Crippen LogP contribution in [0.25, 0.3) is 16.7 Å². The maximum absolute atomic E-state index is 12.2. The van der Waals surface area contributed by atoms with Gasteiger partial charge in [0.2, 0.25) is 0 Å². The Morgan fingerprint density at radius 1 is 0.971 bits per heavy atom. The molecular weight excluding hydrogens is 440 g/mol. The number of para-hydroxylation sites is 1. The van der Waals surface area contributed by atoms with Gasteiger partial charge in [-0.2, -0.15) is 0 Å². The van der Waals surface area contributed by atoms with Gasteiger partial charge in [0.1, 0.15) is 5.52 Å². The van der Waals surface area contributed by atoms with Crippen LogP contribution in [0.1, 0.15) is 56.7 Å². The first-order valence-electron chi connectivity index (χ1n) is 11.9. The van der Waals surface area contributed by atoms with Crippen molar-refractivity contribution in [1.29, 1.82) is 0 Å². The van der Waals surface area contributed by atoms with Crippen LogP contribution in [0.5, 0.6) is 0 Å². The van der Waals surface area contributed by atoms with Gasteiger partial charge in [-0.3, -0.25) is 0 Å². The molecule has 0 radical (unpaired) electrons. The highest BCUT2D eigenvalue weighted by molar-refractivity contribution is 5.75. The van der Waals surface area contributed by atoms with Gasteiger partial charge in [0.15, 0.2) is 0 Å². The third-order valence-electron chi connectivity index (χ3n) is 6.42. The molecule has 4 rings (SSSR count). The van der Waals surface area contributed by atoms with Crippen molar-refractivity contribution in [2.75, 3.05) is 6.54 Å². The number of rotatable bonds is 9. The smallest absolute Gasteiger partial charge is 0.407 e. The van der Waals surface area contributed by atoms with E-state index in [1.807, 2.05) is 85.8 Å². The molecule has 0 aliphatic heterocycles. The average molecular weight is 473 g/mol. The van der Waals surface area contributed by atoms with Gasteiger partial charge in [0.25, 0.3) is 0 Å². The molecule has 2 N–H and O–H groups in total. The summed E-state index contributed by atoms with van der Waals surface area (Å²) in [7, 11) is 0. The number of amides is 1. The maximum atomic E-state index is 12.2. The fourth-order valence-electron chi connectivity index (χ4n) is 4.60. The summed E-state index contributed by atoms with van der Waals surface area (Å²) in [6, 6.07) is 25.2. The van der Waals surface area contributed by atoms with Gasteiger partial charge in [0, 0.05) is 6.54 Å². The number of carboxylic acid groups (broad SMARTS) is 1. The molecule has 1 amide bonds. The zero-order chi connectivity index (χ0) is 25.0. The molecule has 182 valence electrons. The van der Waals surface area contributed by atoms with E-state index in [0.29, 0.717) is 19.4 Å². The number of aliphatic hydroxyl groups is 1. The van der Waals surface area contributed by atoms with Gasteiger partial charge in [-0.05, 0) is 74.9 Å². The first-order valence-corrected chi connectivity index (χ1v) is 11.9. The van der Waals surface area contributed by atoms with Crippen LogP contribution in [0.4, 0.5) is 4.79 Å². The minimum absolute atomic E-state index is 0.0493. The fourth-order valence-corrected chi connectivity index (χ4v) is 4.60. The molecule has 4 aromatic rings. The SMILES string of the molecule is C[C@@H](c1ccc(-n2nnc3ccccc32)cc1)N(CC[C@H](CC(C)(C)O)c1ccccc1)C(=O)O. The summed E-state index contributed by atoms with van der Waals surface area (Å²) >= 11 is 0. The van der Waals surface area contributed by atoms with Crippen LogP contribution in [0.15, 0.2) is 78.9 Å². The molecule has 0 saturated heterocycles. The Kier molecular flexibility index (Phi) is 7.17. The lowest BCUT2D eigenvalue weighted by molar-refractivity contribution is 0.0598. The van der Waals surface area contributed by atoms with E-state index < -0.39 is 11.7 Å². The fraction of sp³-hybridized carbons (Fsp3) is 0.321. The highest BCUT2D eigenvalue weighted by Crippen LogP contribution is 2.31. The summed E-state index contributed by atoms with van der Waals surface area (Å²) in [5.41, 5.74) is 3.77. The van der Waals surface area contributed by atoms with Crippen molar-refractivity contribution in [1.82, 2.24) is 19.9 Å². The van der Waals surface area contributed by atoms with Crippen LogP contribution in [0, 0.1) is 0 Å². The second-order valence-electron chi connectivity index (χ2n) is 9.65. The van der Waals surface area contributed by atoms with Crippen LogP contribution >= 0.6 is 0 Å². The molecule has 0 unspecified atom stereocenters. The minimum Gasteiger partial charge on any atom is -0.465 e. The topological polar surface area (TPSA) is 91.5 Å². The first kappa shape index (κ1) is 24.4. The van der Waals surface area contributed by atoms with E-state index in [-0.39, 0.29) is 12.0 Å². The third kappa shape index (κ3) is 5.87. The number of nitrogens with zero attached hydrogens (tertiary/aromatic N) is 4.